The first-order valence-corrected chi connectivity index (χ1v) is 7.60. The van der Waals surface area contributed by atoms with Crippen molar-refractivity contribution in [2.75, 3.05) is 0 Å². The van der Waals surface area contributed by atoms with E-state index in [1.165, 1.54) is 5.56 Å². The maximum Gasteiger partial charge on any atom is 0.164 e. The molecule has 0 aliphatic rings. The van der Waals surface area contributed by atoms with E-state index in [0.29, 0.717) is 11.8 Å². The van der Waals surface area contributed by atoms with Crippen molar-refractivity contribution in [3.8, 4) is 11.4 Å². The lowest BCUT2D eigenvalue weighted by atomic mass is 10.1. The second kappa shape index (κ2) is 6.06. The van der Waals surface area contributed by atoms with Crippen molar-refractivity contribution >= 4 is 27.5 Å². The van der Waals surface area contributed by atoms with E-state index < -0.39 is 0 Å². The summed E-state index contributed by atoms with van der Waals surface area (Å²) in [7, 11) is 0. The SMILES string of the molecule is Cc1ccc(-c2nnc(CCl)n2CC(C)C)cc1Br. The van der Waals surface area contributed by atoms with E-state index in [1.807, 2.05) is 0 Å². The number of hydrogen-bond acceptors (Lipinski definition) is 2. The highest BCUT2D eigenvalue weighted by atomic mass is 79.9. The van der Waals surface area contributed by atoms with Crippen molar-refractivity contribution in [3.05, 3.63) is 34.1 Å². The minimum atomic E-state index is 0.382. The molecule has 0 spiro atoms. The van der Waals surface area contributed by atoms with Gasteiger partial charge in [0.05, 0.1) is 5.88 Å². The fourth-order valence-electron chi connectivity index (χ4n) is 1.94. The first-order chi connectivity index (χ1) is 9.02. The third kappa shape index (κ3) is 3.18. The van der Waals surface area contributed by atoms with Crippen molar-refractivity contribution < 1.29 is 0 Å². The number of halogens is 2. The zero-order chi connectivity index (χ0) is 14.0. The van der Waals surface area contributed by atoms with Crippen LogP contribution in [0, 0.1) is 12.8 Å². The van der Waals surface area contributed by atoms with Crippen LogP contribution in [-0.2, 0) is 12.4 Å². The maximum atomic E-state index is 5.94. The molecule has 0 saturated carbocycles. The third-order valence-electron chi connectivity index (χ3n) is 2.92. The molecule has 0 unspecified atom stereocenters. The monoisotopic (exact) mass is 341 g/mol. The Morgan fingerprint density at radius 2 is 2.05 bits per heavy atom. The average molecular weight is 343 g/mol. The van der Waals surface area contributed by atoms with Crippen LogP contribution in [0.5, 0.6) is 0 Å². The minimum Gasteiger partial charge on any atom is -0.310 e. The van der Waals surface area contributed by atoms with Crippen LogP contribution in [0.3, 0.4) is 0 Å². The van der Waals surface area contributed by atoms with Crippen LogP contribution in [0.1, 0.15) is 25.2 Å². The molecular weight excluding hydrogens is 326 g/mol. The van der Waals surface area contributed by atoms with Crippen LogP contribution in [0.25, 0.3) is 11.4 Å². The van der Waals surface area contributed by atoms with Crippen molar-refractivity contribution in [1.29, 1.82) is 0 Å². The van der Waals surface area contributed by atoms with Gasteiger partial charge in [0.1, 0.15) is 5.82 Å². The lowest BCUT2D eigenvalue weighted by Crippen LogP contribution is -2.09. The predicted octanol–water partition coefficient (Wildman–Crippen LogP) is 4.41. The van der Waals surface area contributed by atoms with Gasteiger partial charge in [0.25, 0.3) is 0 Å². The van der Waals surface area contributed by atoms with Crippen molar-refractivity contribution in [3.63, 3.8) is 0 Å². The summed E-state index contributed by atoms with van der Waals surface area (Å²) in [5.41, 5.74) is 2.26. The molecule has 1 aromatic carbocycles. The van der Waals surface area contributed by atoms with Crippen LogP contribution in [0.2, 0.25) is 0 Å². The van der Waals surface area contributed by atoms with Crippen LogP contribution < -0.4 is 0 Å². The van der Waals surface area contributed by atoms with Crippen LogP contribution in [0.15, 0.2) is 22.7 Å². The van der Waals surface area contributed by atoms with E-state index in [0.717, 1.165) is 28.2 Å². The number of nitrogens with zero attached hydrogens (tertiary/aromatic N) is 3. The molecule has 0 bridgehead atoms. The summed E-state index contributed by atoms with van der Waals surface area (Å²) >= 11 is 9.50. The van der Waals surface area contributed by atoms with E-state index in [4.69, 9.17) is 11.6 Å². The summed E-state index contributed by atoms with van der Waals surface area (Å²) in [5, 5.41) is 8.47. The highest BCUT2D eigenvalue weighted by Crippen LogP contribution is 2.26. The number of benzene rings is 1. The lowest BCUT2D eigenvalue weighted by Gasteiger charge is -2.12. The van der Waals surface area contributed by atoms with E-state index in [9.17, 15) is 0 Å². The highest BCUT2D eigenvalue weighted by molar-refractivity contribution is 9.10. The molecule has 0 N–H and O–H groups in total. The molecule has 0 saturated heterocycles. The standard InChI is InChI=1S/C14H17BrClN3/c1-9(2)8-19-13(7-16)17-18-14(19)11-5-4-10(3)12(15)6-11/h4-6,9H,7-8H2,1-3H3. The van der Waals surface area contributed by atoms with Gasteiger partial charge in [0.2, 0.25) is 0 Å². The predicted molar refractivity (Wildman–Crippen MR) is 82.3 cm³/mol. The van der Waals surface area contributed by atoms with Crippen LogP contribution >= 0.6 is 27.5 Å². The van der Waals surface area contributed by atoms with Crippen molar-refractivity contribution in [1.82, 2.24) is 14.8 Å². The zero-order valence-electron chi connectivity index (χ0n) is 11.3. The molecule has 3 nitrogen and oxygen atoms in total. The Labute approximate surface area is 127 Å². The van der Waals surface area contributed by atoms with E-state index in [2.05, 4.69) is 69.7 Å². The smallest absolute Gasteiger partial charge is 0.164 e. The number of aryl methyl sites for hydroxylation is 1. The molecule has 19 heavy (non-hydrogen) atoms. The molecule has 5 heteroatoms. The third-order valence-corrected chi connectivity index (χ3v) is 4.02. The summed E-state index contributed by atoms with van der Waals surface area (Å²) in [6.45, 7) is 7.28. The molecule has 2 rings (SSSR count). The van der Waals surface area contributed by atoms with E-state index in [1.54, 1.807) is 0 Å². The van der Waals surface area contributed by atoms with Gasteiger partial charge in [-0.2, -0.15) is 0 Å². The molecule has 1 aromatic heterocycles. The second-order valence-corrected chi connectivity index (χ2v) is 6.16. The summed E-state index contributed by atoms with van der Waals surface area (Å²) in [6.07, 6.45) is 0. The number of rotatable bonds is 4. The molecule has 0 aliphatic heterocycles. The molecule has 0 aliphatic carbocycles. The molecule has 0 radical (unpaired) electrons. The fourth-order valence-corrected chi connectivity index (χ4v) is 2.51. The lowest BCUT2D eigenvalue weighted by molar-refractivity contribution is 0.515. The van der Waals surface area contributed by atoms with Gasteiger partial charge in [-0.15, -0.1) is 21.8 Å². The molecule has 0 fully saturated rings. The molecule has 0 atom stereocenters. The van der Waals surface area contributed by atoms with Gasteiger partial charge in [-0.25, -0.2) is 0 Å². The number of aromatic nitrogens is 3. The van der Waals surface area contributed by atoms with Gasteiger partial charge in [-0.1, -0.05) is 41.9 Å². The first kappa shape index (κ1) is 14.5. The number of alkyl halides is 1. The Balaban J connectivity index is 2.48. The summed E-state index contributed by atoms with van der Waals surface area (Å²) < 4.78 is 3.19. The van der Waals surface area contributed by atoms with Gasteiger partial charge in [-0.05, 0) is 24.5 Å². The average Bonchev–Trinajstić information content (AvgIpc) is 2.75. The molecule has 1 heterocycles. The van der Waals surface area contributed by atoms with Gasteiger partial charge < -0.3 is 4.57 Å². The number of hydrogen-bond donors (Lipinski definition) is 0. The second-order valence-electron chi connectivity index (χ2n) is 5.04. The summed E-state index contributed by atoms with van der Waals surface area (Å²) in [4.78, 5) is 0. The quantitative estimate of drug-likeness (QED) is 0.771. The van der Waals surface area contributed by atoms with E-state index >= 15 is 0 Å². The Morgan fingerprint density at radius 1 is 1.32 bits per heavy atom. The van der Waals surface area contributed by atoms with Crippen molar-refractivity contribution in [2.45, 2.75) is 33.2 Å². The fraction of sp³-hybridized carbons (Fsp3) is 0.429. The largest absolute Gasteiger partial charge is 0.310 e. The zero-order valence-corrected chi connectivity index (χ0v) is 13.7. The minimum absolute atomic E-state index is 0.382. The maximum absolute atomic E-state index is 5.94. The summed E-state index contributed by atoms with van der Waals surface area (Å²) in [6, 6.07) is 6.22. The van der Waals surface area contributed by atoms with E-state index in [-0.39, 0.29) is 0 Å². The Hall–Kier alpha value is -0.870. The normalized spacial score (nSPS) is 11.3. The van der Waals surface area contributed by atoms with Gasteiger partial charge in [-0.3, -0.25) is 0 Å². The molecule has 0 amide bonds. The Morgan fingerprint density at radius 3 is 2.63 bits per heavy atom. The van der Waals surface area contributed by atoms with Crippen LogP contribution in [-0.4, -0.2) is 14.8 Å². The molecular formula is C14H17BrClN3. The Kier molecular flexibility index (Phi) is 4.63. The van der Waals surface area contributed by atoms with Gasteiger partial charge in [0.15, 0.2) is 5.82 Å². The highest BCUT2D eigenvalue weighted by Gasteiger charge is 2.14. The van der Waals surface area contributed by atoms with Crippen molar-refractivity contribution in [2.24, 2.45) is 5.92 Å². The topological polar surface area (TPSA) is 30.7 Å². The molecule has 102 valence electrons. The van der Waals surface area contributed by atoms with Gasteiger partial charge in [0, 0.05) is 16.6 Å². The first-order valence-electron chi connectivity index (χ1n) is 6.27. The Bertz CT molecular complexity index is 578. The van der Waals surface area contributed by atoms with Gasteiger partial charge >= 0.3 is 0 Å². The molecule has 2 aromatic rings. The van der Waals surface area contributed by atoms with Crippen LogP contribution in [0.4, 0.5) is 0 Å². The summed E-state index contributed by atoms with van der Waals surface area (Å²) in [5.74, 6) is 2.60.